The van der Waals surface area contributed by atoms with Gasteiger partial charge in [0.05, 0.1) is 18.9 Å². The number of rotatable bonds is 7. The first-order valence-electron chi connectivity index (χ1n) is 6.21. The first-order valence-corrected chi connectivity index (χ1v) is 7.00. The van der Waals surface area contributed by atoms with Crippen molar-refractivity contribution < 1.29 is 14.3 Å². The van der Waals surface area contributed by atoms with E-state index in [1.165, 1.54) is 0 Å². The number of nitrogens with one attached hydrogen (secondary N) is 1. The smallest absolute Gasteiger partial charge is 0.225 e. The van der Waals surface area contributed by atoms with Crippen molar-refractivity contribution in [3.8, 4) is 11.5 Å². The second kappa shape index (κ2) is 9.85. The van der Waals surface area contributed by atoms with Gasteiger partial charge in [-0.1, -0.05) is 0 Å². The summed E-state index contributed by atoms with van der Waals surface area (Å²) in [5.74, 6) is 1.12. The average molecular weight is 368 g/mol. The number of hydrogen-bond donors (Lipinski definition) is 2. The van der Waals surface area contributed by atoms with E-state index >= 15 is 0 Å². The molecule has 3 N–H and O–H groups in total. The number of nitrogens with two attached hydrogens (primary N) is 1. The number of amides is 1. The summed E-state index contributed by atoms with van der Waals surface area (Å²) in [5.41, 5.74) is 5.99. The van der Waals surface area contributed by atoms with Gasteiger partial charge in [0, 0.05) is 29.6 Å². The van der Waals surface area contributed by atoms with E-state index in [0.717, 1.165) is 4.47 Å². The van der Waals surface area contributed by atoms with Crippen molar-refractivity contribution in [2.24, 2.45) is 5.73 Å². The highest BCUT2D eigenvalue weighted by Gasteiger charge is 2.12. The molecule has 114 valence electrons. The molecule has 20 heavy (non-hydrogen) atoms. The largest absolute Gasteiger partial charge is 0.490 e. The fraction of sp³-hybridized carbons (Fsp3) is 0.462. The lowest BCUT2D eigenvalue weighted by molar-refractivity contribution is -0.116. The van der Waals surface area contributed by atoms with Crippen LogP contribution in [0.4, 0.5) is 5.69 Å². The third kappa shape index (κ3) is 5.56. The molecule has 0 radical (unpaired) electrons. The molecule has 1 aromatic rings. The number of anilines is 1. The highest BCUT2D eigenvalue weighted by molar-refractivity contribution is 9.10. The van der Waals surface area contributed by atoms with Crippen molar-refractivity contribution in [2.45, 2.75) is 20.3 Å². The molecular weight excluding hydrogens is 348 g/mol. The van der Waals surface area contributed by atoms with Crippen molar-refractivity contribution in [3.05, 3.63) is 16.6 Å². The lowest BCUT2D eigenvalue weighted by atomic mass is 10.2. The molecule has 0 bridgehead atoms. The van der Waals surface area contributed by atoms with E-state index in [0.29, 0.717) is 36.9 Å². The van der Waals surface area contributed by atoms with Crippen molar-refractivity contribution >= 4 is 39.9 Å². The number of benzene rings is 1. The summed E-state index contributed by atoms with van der Waals surface area (Å²) in [7, 11) is 0. The van der Waals surface area contributed by atoms with Crippen molar-refractivity contribution in [1.82, 2.24) is 0 Å². The van der Waals surface area contributed by atoms with Gasteiger partial charge in [0.25, 0.3) is 0 Å². The van der Waals surface area contributed by atoms with Crippen LogP contribution in [0.1, 0.15) is 20.3 Å². The second-order valence-electron chi connectivity index (χ2n) is 3.73. The summed E-state index contributed by atoms with van der Waals surface area (Å²) in [6.07, 6.45) is 0.281. The Labute approximate surface area is 133 Å². The predicted octanol–water partition coefficient (Wildman–Crippen LogP) is 2.96. The van der Waals surface area contributed by atoms with E-state index < -0.39 is 0 Å². The highest BCUT2D eigenvalue weighted by Crippen LogP contribution is 2.36. The molecule has 0 spiro atoms. The van der Waals surface area contributed by atoms with Crippen molar-refractivity contribution in [2.75, 3.05) is 25.1 Å². The summed E-state index contributed by atoms with van der Waals surface area (Å²) in [4.78, 5) is 11.6. The molecule has 1 rings (SSSR count). The summed E-state index contributed by atoms with van der Waals surface area (Å²) >= 11 is 3.40. The van der Waals surface area contributed by atoms with Crippen LogP contribution in [0.2, 0.25) is 0 Å². The molecule has 0 saturated carbocycles. The molecular formula is C13H20BrClN2O3. The van der Waals surface area contributed by atoms with Crippen LogP contribution in [-0.2, 0) is 4.79 Å². The maximum absolute atomic E-state index is 11.6. The molecule has 0 unspecified atom stereocenters. The average Bonchev–Trinajstić information content (AvgIpc) is 2.35. The van der Waals surface area contributed by atoms with Crippen LogP contribution in [0.25, 0.3) is 0 Å². The Morgan fingerprint density at radius 1 is 1.25 bits per heavy atom. The normalized spacial score (nSPS) is 9.60. The minimum absolute atomic E-state index is 0. The van der Waals surface area contributed by atoms with Gasteiger partial charge in [0.2, 0.25) is 5.91 Å². The van der Waals surface area contributed by atoms with E-state index in [2.05, 4.69) is 21.2 Å². The summed E-state index contributed by atoms with van der Waals surface area (Å²) < 4.78 is 11.7. The molecule has 0 aliphatic heterocycles. The summed E-state index contributed by atoms with van der Waals surface area (Å²) in [5, 5.41) is 2.78. The molecule has 0 aromatic heterocycles. The minimum atomic E-state index is -0.130. The van der Waals surface area contributed by atoms with Gasteiger partial charge in [0.1, 0.15) is 0 Å². The van der Waals surface area contributed by atoms with Gasteiger partial charge in [-0.3, -0.25) is 4.79 Å². The molecule has 1 amide bonds. The molecule has 0 atom stereocenters. The molecule has 0 aliphatic carbocycles. The second-order valence-corrected chi connectivity index (χ2v) is 4.59. The zero-order valence-electron chi connectivity index (χ0n) is 11.6. The van der Waals surface area contributed by atoms with Gasteiger partial charge in [-0.25, -0.2) is 0 Å². The van der Waals surface area contributed by atoms with Gasteiger partial charge in [-0.2, -0.15) is 0 Å². The number of halogens is 2. The Balaban J connectivity index is 0.00000361. The predicted molar refractivity (Wildman–Crippen MR) is 86.0 cm³/mol. The Kier molecular flexibility index (Phi) is 9.37. The summed E-state index contributed by atoms with van der Waals surface area (Å²) in [6.45, 7) is 5.19. The topological polar surface area (TPSA) is 73.6 Å². The third-order valence-electron chi connectivity index (χ3n) is 2.28. The van der Waals surface area contributed by atoms with Crippen molar-refractivity contribution in [1.29, 1.82) is 0 Å². The lowest BCUT2D eigenvalue weighted by Crippen LogP contribution is -2.16. The summed E-state index contributed by atoms with van der Waals surface area (Å²) in [6, 6.07) is 3.53. The van der Waals surface area contributed by atoms with E-state index in [4.69, 9.17) is 15.2 Å². The maximum atomic E-state index is 11.6. The van der Waals surface area contributed by atoms with Gasteiger partial charge in [-0.15, -0.1) is 12.4 Å². The Hall–Kier alpha value is -0.980. The van der Waals surface area contributed by atoms with Crippen molar-refractivity contribution in [3.63, 3.8) is 0 Å². The fourth-order valence-electron chi connectivity index (χ4n) is 1.51. The van der Waals surface area contributed by atoms with E-state index in [1.54, 1.807) is 12.1 Å². The molecule has 0 heterocycles. The molecule has 5 nitrogen and oxygen atoms in total. The first-order chi connectivity index (χ1) is 9.12. The van der Waals surface area contributed by atoms with E-state index in [-0.39, 0.29) is 24.7 Å². The van der Waals surface area contributed by atoms with Gasteiger partial charge in [0.15, 0.2) is 11.5 Å². The van der Waals surface area contributed by atoms with Crippen LogP contribution in [0, 0.1) is 0 Å². The monoisotopic (exact) mass is 366 g/mol. The SMILES string of the molecule is CCOc1cc(Br)c(NC(=O)CCN)cc1OCC.Cl. The van der Waals surface area contributed by atoms with Crippen LogP contribution in [-0.4, -0.2) is 25.7 Å². The maximum Gasteiger partial charge on any atom is 0.225 e. The molecule has 0 aliphatic rings. The molecule has 7 heteroatoms. The lowest BCUT2D eigenvalue weighted by Gasteiger charge is -2.14. The Bertz CT molecular complexity index is 444. The standard InChI is InChI=1S/C13H19BrN2O3.ClH/c1-3-18-11-7-9(14)10(8-12(11)19-4-2)16-13(17)5-6-15;/h7-8H,3-6,15H2,1-2H3,(H,16,17);1H. The highest BCUT2D eigenvalue weighted by atomic mass is 79.9. The molecule has 0 saturated heterocycles. The van der Waals surface area contributed by atoms with Gasteiger partial charge >= 0.3 is 0 Å². The molecule has 0 fully saturated rings. The zero-order valence-corrected chi connectivity index (χ0v) is 14.0. The number of carbonyl (C=O) groups excluding carboxylic acids is 1. The van der Waals surface area contributed by atoms with Crippen LogP contribution in [0.3, 0.4) is 0 Å². The minimum Gasteiger partial charge on any atom is -0.490 e. The third-order valence-corrected chi connectivity index (χ3v) is 2.93. The van der Waals surface area contributed by atoms with Crippen LogP contribution in [0.15, 0.2) is 16.6 Å². The van der Waals surface area contributed by atoms with Crippen LogP contribution < -0.4 is 20.5 Å². The quantitative estimate of drug-likeness (QED) is 0.777. The number of ether oxygens (including phenoxy) is 2. The Morgan fingerprint density at radius 3 is 2.30 bits per heavy atom. The van der Waals surface area contributed by atoms with Crippen LogP contribution in [0.5, 0.6) is 11.5 Å². The van der Waals surface area contributed by atoms with Gasteiger partial charge in [-0.05, 0) is 29.8 Å². The van der Waals surface area contributed by atoms with E-state index in [1.807, 2.05) is 13.8 Å². The molecule has 1 aromatic carbocycles. The van der Waals surface area contributed by atoms with E-state index in [9.17, 15) is 4.79 Å². The number of carbonyl (C=O) groups is 1. The van der Waals surface area contributed by atoms with Crippen LogP contribution >= 0.6 is 28.3 Å². The van der Waals surface area contributed by atoms with Gasteiger partial charge < -0.3 is 20.5 Å². The number of hydrogen-bond acceptors (Lipinski definition) is 4. The Morgan fingerprint density at radius 2 is 1.80 bits per heavy atom. The first kappa shape index (κ1) is 19.0. The fourth-order valence-corrected chi connectivity index (χ4v) is 1.93. The zero-order chi connectivity index (χ0) is 14.3.